The highest BCUT2D eigenvalue weighted by atomic mass is 16.5. The number of benzene rings is 1. The number of hydrogen-bond acceptors (Lipinski definition) is 7. The van der Waals surface area contributed by atoms with E-state index < -0.39 is 23.8 Å². The van der Waals surface area contributed by atoms with Crippen LogP contribution >= 0.6 is 0 Å². The van der Waals surface area contributed by atoms with Gasteiger partial charge in [0.05, 0.1) is 25.4 Å². The molecule has 0 radical (unpaired) electrons. The minimum absolute atomic E-state index is 0.195. The van der Waals surface area contributed by atoms with E-state index in [0.29, 0.717) is 40.3 Å². The zero-order valence-electron chi connectivity index (χ0n) is 23.8. The maximum Gasteiger partial charge on any atom is 0.336 e. The van der Waals surface area contributed by atoms with E-state index in [9.17, 15) is 14.4 Å². The number of carbonyl (C=O) groups excluding carboxylic acids is 3. The molecule has 0 aliphatic carbocycles. The lowest BCUT2D eigenvalue weighted by Gasteiger charge is -2.32. The Balaban J connectivity index is 2.39. The van der Waals surface area contributed by atoms with E-state index in [1.54, 1.807) is 40.7 Å². The Kier molecular flexibility index (Phi) is 13.0. The summed E-state index contributed by atoms with van der Waals surface area (Å²) in [6, 6.07) is 7.43. The second-order valence-corrected chi connectivity index (χ2v) is 9.54. The Hall–Kier alpha value is -3.22. The number of ether oxygens (including phenoxy) is 3. The van der Waals surface area contributed by atoms with E-state index in [-0.39, 0.29) is 19.2 Å². The van der Waals surface area contributed by atoms with Crippen LogP contribution in [0.3, 0.4) is 0 Å². The lowest BCUT2D eigenvalue weighted by Crippen LogP contribution is -2.37. The fourth-order valence-electron chi connectivity index (χ4n) is 4.76. The van der Waals surface area contributed by atoms with Crippen LogP contribution in [0.5, 0.6) is 0 Å². The molecule has 0 N–H and O–H groups in total. The molecule has 0 bridgehead atoms. The van der Waals surface area contributed by atoms with Crippen molar-refractivity contribution < 1.29 is 28.6 Å². The van der Waals surface area contributed by atoms with Crippen molar-refractivity contribution in [2.45, 2.75) is 86.0 Å². The molecule has 1 aliphatic rings. The van der Waals surface area contributed by atoms with Crippen LogP contribution in [0.2, 0.25) is 0 Å². The van der Waals surface area contributed by atoms with Gasteiger partial charge in [-0.05, 0) is 58.2 Å². The molecule has 1 heterocycles. The van der Waals surface area contributed by atoms with E-state index in [4.69, 9.17) is 14.2 Å². The molecule has 2 rings (SSSR count). The van der Waals surface area contributed by atoms with E-state index in [1.165, 1.54) is 19.3 Å². The molecule has 1 aliphatic heterocycles. The summed E-state index contributed by atoms with van der Waals surface area (Å²) in [7, 11) is 0. The van der Waals surface area contributed by atoms with Gasteiger partial charge in [-0.3, -0.25) is 9.79 Å². The van der Waals surface area contributed by atoms with Crippen molar-refractivity contribution in [3.05, 3.63) is 52.2 Å². The average Bonchev–Trinajstić information content (AvgIpc) is 2.88. The van der Waals surface area contributed by atoms with Gasteiger partial charge in [0, 0.05) is 22.9 Å². The molecule has 2 atom stereocenters. The lowest BCUT2D eigenvalue weighted by atomic mass is 9.74. The van der Waals surface area contributed by atoms with Crippen molar-refractivity contribution in [2.24, 2.45) is 10.9 Å². The highest BCUT2D eigenvalue weighted by molar-refractivity contribution is 6.07. The number of esters is 3. The molecule has 0 fully saturated rings. The van der Waals surface area contributed by atoms with Crippen molar-refractivity contribution in [3.8, 4) is 0 Å². The van der Waals surface area contributed by atoms with Crippen LogP contribution in [0.1, 0.15) is 97.1 Å². The average molecular weight is 526 g/mol. The van der Waals surface area contributed by atoms with Crippen LogP contribution < -0.4 is 0 Å². The number of hydrogen-bond donors (Lipinski definition) is 0. The minimum Gasteiger partial charge on any atom is -0.465 e. The third-order valence-corrected chi connectivity index (χ3v) is 6.62. The molecule has 1 aromatic rings. The van der Waals surface area contributed by atoms with Crippen molar-refractivity contribution in [1.29, 1.82) is 0 Å². The van der Waals surface area contributed by atoms with Crippen molar-refractivity contribution in [2.75, 3.05) is 19.8 Å². The molecule has 38 heavy (non-hydrogen) atoms. The first-order chi connectivity index (χ1) is 18.3. The molecule has 208 valence electrons. The SMILES string of the molecule is CCCCCCCCOC(=O)C(C)=Cc1ccccc1C1C(C(=O)OCC)=C(C)N=C(C)C1C(=O)OCC. The summed E-state index contributed by atoms with van der Waals surface area (Å²) in [5, 5.41) is 0. The molecule has 7 heteroatoms. The van der Waals surface area contributed by atoms with Crippen molar-refractivity contribution in [1.82, 2.24) is 0 Å². The summed E-state index contributed by atoms with van der Waals surface area (Å²) in [5.74, 6) is -2.83. The van der Waals surface area contributed by atoms with E-state index in [0.717, 1.165) is 19.3 Å². The number of unbranched alkanes of at least 4 members (excludes halogenated alkanes) is 5. The number of aliphatic imine (C=N–C) groups is 1. The third-order valence-electron chi connectivity index (χ3n) is 6.62. The fourth-order valence-corrected chi connectivity index (χ4v) is 4.76. The molecule has 1 aromatic carbocycles. The monoisotopic (exact) mass is 525 g/mol. The highest BCUT2D eigenvalue weighted by Crippen LogP contribution is 2.41. The topological polar surface area (TPSA) is 91.3 Å². The molecule has 0 saturated carbocycles. The zero-order chi connectivity index (χ0) is 28.1. The standard InChI is InChI=1S/C31H43NO6/c1-7-10-11-12-13-16-19-38-29(33)21(4)20-24-17-14-15-18-25(24)28-26(30(34)36-8-2)22(5)32-23(6)27(28)31(35)37-9-3/h14-15,17-18,20,26,28H,7-13,16,19H2,1-6H3. The van der Waals surface area contributed by atoms with Gasteiger partial charge in [-0.25, -0.2) is 9.59 Å². The Morgan fingerprint density at radius 2 is 1.55 bits per heavy atom. The van der Waals surface area contributed by atoms with Gasteiger partial charge < -0.3 is 14.2 Å². The van der Waals surface area contributed by atoms with E-state index in [1.807, 2.05) is 24.3 Å². The van der Waals surface area contributed by atoms with Gasteiger partial charge >= 0.3 is 17.9 Å². The highest BCUT2D eigenvalue weighted by Gasteiger charge is 2.43. The fraction of sp³-hybridized carbons (Fsp3) is 0.548. The minimum atomic E-state index is -0.799. The molecule has 0 amide bonds. The quantitative estimate of drug-likeness (QED) is 0.118. The number of nitrogens with zero attached hydrogens (tertiary/aromatic N) is 1. The molecular formula is C31H43NO6. The maximum absolute atomic E-state index is 13.1. The summed E-state index contributed by atoms with van der Waals surface area (Å²) in [6.45, 7) is 11.7. The predicted molar refractivity (Wildman–Crippen MR) is 150 cm³/mol. The van der Waals surface area contributed by atoms with Gasteiger partial charge in [0.2, 0.25) is 0 Å². The molecular weight excluding hydrogens is 482 g/mol. The van der Waals surface area contributed by atoms with E-state index in [2.05, 4.69) is 11.9 Å². The third kappa shape index (κ3) is 8.40. The first kappa shape index (κ1) is 31.0. The van der Waals surface area contributed by atoms with Crippen molar-refractivity contribution >= 4 is 29.7 Å². The predicted octanol–water partition coefficient (Wildman–Crippen LogP) is 6.57. The van der Waals surface area contributed by atoms with Gasteiger partial charge in [0.25, 0.3) is 0 Å². The Labute approximate surface area is 227 Å². The van der Waals surface area contributed by atoms with Crippen LogP contribution in [0, 0.1) is 5.92 Å². The van der Waals surface area contributed by atoms with Gasteiger partial charge in [0.1, 0.15) is 5.92 Å². The number of allylic oxidation sites excluding steroid dienone is 1. The summed E-state index contributed by atoms with van der Waals surface area (Å²) in [4.78, 5) is 43.5. The first-order valence-corrected chi connectivity index (χ1v) is 13.8. The lowest BCUT2D eigenvalue weighted by molar-refractivity contribution is -0.146. The largest absolute Gasteiger partial charge is 0.465 e. The molecule has 0 spiro atoms. The summed E-state index contributed by atoms with van der Waals surface area (Å²) in [5.41, 5.74) is 3.25. The Bertz CT molecular complexity index is 1070. The Morgan fingerprint density at radius 1 is 0.895 bits per heavy atom. The van der Waals surface area contributed by atoms with Gasteiger partial charge in [-0.2, -0.15) is 0 Å². The summed E-state index contributed by atoms with van der Waals surface area (Å²) < 4.78 is 16.3. The van der Waals surface area contributed by atoms with Crippen LogP contribution in [-0.2, 0) is 28.6 Å². The molecule has 0 aromatic heterocycles. The van der Waals surface area contributed by atoms with Gasteiger partial charge in [-0.15, -0.1) is 0 Å². The van der Waals surface area contributed by atoms with Gasteiger partial charge in [-0.1, -0.05) is 63.3 Å². The van der Waals surface area contributed by atoms with Gasteiger partial charge in [0.15, 0.2) is 0 Å². The summed E-state index contributed by atoms with van der Waals surface area (Å²) in [6.07, 6.45) is 8.42. The molecule has 2 unspecified atom stereocenters. The van der Waals surface area contributed by atoms with Crippen LogP contribution in [0.4, 0.5) is 0 Å². The maximum atomic E-state index is 13.1. The smallest absolute Gasteiger partial charge is 0.336 e. The van der Waals surface area contributed by atoms with Crippen LogP contribution in [-0.4, -0.2) is 43.4 Å². The molecule has 0 saturated heterocycles. The van der Waals surface area contributed by atoms with Crippen LogP contribution in [0.25, 0.3) is 6.08 Å². The second-order valence-electron chi connectivity index (χ2n) is 9.54. The van der Waals surface area contributed by atoms with E-state index >= 15 is 0 Å². The number of carbonyl (C=O) groups is 3. The first-order valence-electron chi connectivity index (χ1n) is 13.8. The summed E-state index contributed by atoms with van der Waals surface area (Å²) >= 11 is 0. The second kappa shape index (κ2) is 15.9. The van der Waals surface area contributed by atoms with Crippen molar-refractivity contribution in [3.63, 3.8) is 0 Å². The molecule has 7 nitrogen and oxygen atoms in total. The van der Waals surface area contributed by atoms with Crippen LogP contribution in [0.15, 0.2) is 46.1 Å². The normalized spacial score (nSPS) is 17.6. The Morgan fingerprint density at radius 3 is 2.24 bits per heavy atom. The zero-order valence-corrected chi connectivity index (χ0v) is 23.8. The number of rotatable bonds is 14.